The number of amides is 1. The van der Waals surface area contributed by atoms with Gasteiger partial charge in [0.15, 0.2) is 9.84 Å². The minimum atomic E-state index is -3.93. The predicted molar refractivity (Wildman–Crippen MR) is 73.6 cm³/mol. The molecule has 0 bridgehead atoms. The van der Waals surface area contributed by atoms with Gasteiger partial charge in [0.2, 0.25) is 5.91 Å². The van der Waals surface area contributed by atoms with Gasteiger partial charge < -0.3 is 9.73 Å². The highest BCUT2D eigenvalue weighted by molar-refractivity contribution is 7.92. The smallest absolute Gasteiger partial charge is 0.238 e. The number of hydrogen-bond donors (Lipinski definition) is 1. The van der Waals surface area contributed by atoms with E-state index in [-0.39, 0.29) is 11.4 Å². The van der Waals surface area contributed by atoms with E-state index >= 15 is 0 Å². The summed E-state index contributed by atoms with van der Waals surface area (Å²) >= 11 is 0. The Hall–Kier alpha value is -2.15. The molecule has 1 N–H and O–H groups in total. The second kappa shape index (κ2) is 6.09. The van der Waals surface area contributed by atoms with Crippen molar-refractivity contribution in [2.45, 2.75) is 23.6 Å². The average Bonchev–Trinajstić information content (AvgIpc) is 2.97. The van der Waals surface area contributed by atoms with Crippen molar-refractivity contribution in [1.29, 1.82) is 0 Å². The number of sulfone groups is 1. The highest BCUT2D eigenvalue weighted by Gasteiger charge is 2.29. The molecular weight excluding hydrogens is 297 g/mol. The Balaban J connectivity index is 2.10. The summed E-state index contributed by atoms with van der Waals surface area (Å²) in [5, 5.41) is 1.14. The van der Waals surface area contributed by atoms with Gasteiger partial charge in [0.05, 0.1) is 17.7 Å². The second-order valence-electron chi connectivity index (χ2n) is 4.44. The molecule has 0 aliphatic rings. The average molecular weight is 311 g/mol. The van der Waals surface area contributed by atoms with Crippen LogP contribution in [0.25, 0.3) is 0 Å². The molecule has 1 aromatic heterocycles. The highest BCUT2D eigenvalue weighted by atomic mass is 32.2. The first-order valence-electron chi connectivity index (χ1n) is 6.21. The van der Waals surface area contributed by atoms with E-state index in [1.165, 1.54) is 25.3 Å². The summed E-state index contributed by atoms with van der Waals surface area (Å²) in [4.78, 5) is 11.7. The fourth-order valence-electron chi connectivity index (χ4n) is 1.72. The van der Waals surface area contributed by atoms with Gasteiger partial charge in [0.1, 0.15) is 16.8 Å². The molecule has 0 fully saturated rings. The molecule has 0 aliphatic heterocycles. The Morgan fingerprint density at radius 1 is 1.33 bits per heavy atom. The molecule has 1 amide bonds. The zero-order valence-corrected chi connectivity index (χ0v) is 12.1. The van der Waals surface area contributed by atoms with Crippen LogP contribution in [0.4, 0.5) is 4.39 Å². The first-order chi connectivity index (χ1) is 9.91. The Bertz CT molecular complexity index is 725. The second-order valence-corrected chi connectivity index (χ2v) is 6.71. The van der Waals surface area contributed by atoms with Crippen molar-refractivity contribution in [3.8, 4) is 0 Å². The van der Waals surface area contributed by atoms with Crippen LogP contribution in [0.15, 0.2) is 52.0 Å². The van der Waals surface area contributed by atoms with Gasteiger partial charge >= 0.3 is 0 Å². The molecule has 0 radical (unpaired) electrons. The Labute approximate surface area is 121 Å². The molecule has 1 unspecified atom stereocenters. The van der Waals surface area contributed by atoms with Gasteiger partial charge in [0.25, 0.3) is 0 Å². The maximum atomic E-state index is 13.1. The number of benzene rings is 1. The van der Waals surface area contributed by atoms with Gasteiger partial charge in [-0.2, -0.15) is 0 Å². The summed E-state index contributed by atoms with van der Waals surface area (Å²) in [7, 11) is -3.93. The molecule has 1 atom stereocenters. The largest absolute Gasteiger partial charge is 0.467 e. The highest BCUT2D eigenvalue weighted by Crippen LogP contribution is 2.17. The monoisotopic (exact) mass is 311 g/mol. The first kappa shape index (κ1) is 15.2. The summed E-state index contributed by atoms with van der Waals surface area (Å²) in [5.41, 5.74) is 0. The van der Waals surface area contributed by atoms with E-state index in [0.717, 1.165) is 12.1 Å². The molecule has 1 heterocycles. The van der Waals surface area contributed by atoms with Crippen molar-refractivity contribution in [2.24, 2.45) is 0 Å². The molecule has 21 heavy (non-hydrogen) atoms. The molecule has 112 valence electrons. The molecule has 1 aromatic carbocycles. The fraction of sp³-hybridized carbons (Fsp3) is 0.214. The maximum Gasteiger partial charge on any atom is 0.238 e. The van der Waals surface area contributed by atoms with E-state index in [1.54, 1.807) is 12.1 Å². The standard InChI is InChI=1S/C14H14FNO4S/c1-10(14(17)16-9-12-5-3-7-20-12)21(18,19)13-6-2-4-11(15)8-13/h2-8,10H,9H2,1H3,(H,16,17). The Morgan fingerprint density at radius 2 is 2.10 bits per heavy atom. The molecule has 0 saturated heterocycles. The number of rotatable bonds is 5. The Morgan fingerprint density at radius 3 is 2.71 bits per heavy atom. The normalized spacial score (nSPS) is 12.9. The van der Waals surface area contributed by atoms with Crippen LogP contribution in [0.2, 0.25) is 0 Å². The summed E-state index contributed by atoms with van der Waals surface area (Å²) in [6.45, 7) is 1.35. The van der Waals surface area contributed by atoms with Crippen LogP contribution in [-0.4, -0.2) is 19.6 Å². The minimum Gasteiger partial charge on any atom is -0.467 e. The van der Waals surface area contributed by atoms with Crippen LogP contribution in [0.1, 0.15) is 12.7 Å². The van der Waals surface area contributed by atoms with Crippen molar-refractivity contribution >= 4 is 15.7 Å². The molecule has 0 spiro atoms. The van der Waals surface area contributed by atoms with Gasteiger partial charge in [-0.15, -0.1) is 0 Å². The van der Waals surface area contributed by atoms with Crippen molar-refractivity contribution in [3.05, 3.63) is 54.2 Å². The number of furan rings is 1. The van der Waals surface area contributed by atoms with E-state index in [1.807, 2.05) is 0 Å². The molecule has 5 nitrogen and oxygen atoms in total. The van der Waals surface area contributed by atoms with Gasteiger partial charge in [-0.3, -0.25) is 4.79 Å². The summed E-state index contributed by atoms with van der Waals surface area (Å²) in [6.07, 6.45) is 1.45. The number of nitrogens with one attached hydrogen (secondary N) is 1. The molecule has 0 saturated carbocycles. The first-order valence-corrected chi connectivity index (χ1v) is 7.75. The van der Waals surface area contributed by atoms with Crippen LogP contribution in [-0.2, 0) is 21.2 Å². The lowest BCUT2D eigenvalue weighted by Gasteiger charge is -2.13. The molecule has 0 aliphatic carbocycles. The van der Waals surface area contributed by atoms with Crippen molar-refractivity contribution in [2.75, 3.05) is 0 Å². The third-order valence-corrected chi connectivity index (χ3v) is 5.03. The van der Waals surface area contributed by atoms with Crippen LogP contribution in [0.5, 0.6) is 0 Å². The van der Waals surface area contributed by atoms with Gasteiger partial charge in [-0.1, -0.05) is 6.07 Å². The van der Waals surface area contributed by atoms with Crippen LogP contribution in [0.3, 0.4) is 0 Å². The van der Waals surface area contributed by atoms with Gasteiger partial charge in [-0.25, -0.2) is 12.8 Å². The zero-order chi connectivity index (χ0) is 15.5. The summed E-state index contributed by atoms with van der Waals surface area (Å²) in [5.74, 6) is -0.825. The number of halogens is 1. The third-order valence-electron chi connectivity index (χ3n) is 2.98. The van der Waals surface area contributed by atoms with E-state index < -0.39 is 26.8 Å². The lowest BCUT2D eigenvalue weighted by molar-refractivity contribution is -0.120. The quantitative estimate of drug-likeness (QED) is 0.915. The zero-order valence-electron chi connectivity index (χ0n) is 11.2. The minimum absolute atomic E-state index is 0.0921. The Kier molecular flexibility index (Phi) is 4.42. The SMILES string of the molecule is CC(C(=O)NCc1ccco1)S(=O)(=O)c1cccc(F)c1. The lowest BCUT2D eigenvalue weighted by Crippen LogP contribution is -2.37. The predicted octanol–water partition coefficient (Wildman–Crippen LogP) is 1.90. The molecule has 2 rings (SSSR count). The van der Waals surface area contributed by atoms with Crippen LogP contribution >= 0.6 is 0 Å². The number of carbonyl (C=O) groups excluding carboxylic acids is 1. The van der Waals surface area contributed by atoms with E-state index in [9.17, 15) is 17.6 Å². The topological polar surface area (TPSA) is 76.4 Å². The van der Waals surface area contributed by atoms with Crippen molar-refractivity contribution in [3.63, 3.8) is 0 Å². The van der Waals surface area contributed by atoms with E-state index in [0.29, 0.717) is 5.76 Å². The van der Waals surface area contributed by atoms with Gasteiger partial charge in [-0.05, 0) is 37.3 Å². The fourth-order valence-corrected chi connectivity index (χ4v) is 3.04. The number of carbonyl (C=O) groups is 1. The van der Waals surface area contributed by atoms with Crippen LogP contribution in [0, 0.1) is 5.82 Å². The van der Waals surface area contributed by atoms with Crippen LogP contribution < -0.4 is 5.32 Å². The maximum absolute atomic E-state index is 13.1. The summed E-state index contributed by atoms with van der Waals surface area (Å²) < 4.78 is 42.6. The lowest BCUT2D eigenvalue weighted by atomic mass is 10.3. The molecule has 7 heteroatoms. The van der Waals surface area contributed by atoms with E-state index in [4.69, 9.17) is 4.42 Å². The molecule has 2 aromatic rings. The summed E-state index contributed by atoms with van der Waals surface area (Å²) in [6, 6.07) is 7.90. The van der Waals surface area contributed by atoms with Gasteiger partial charge in [0, 0.05) is 0 Å². The third kappa shape index (κ3) is 3.49. The van der Waals surface area contributed by atoms with Crippen molar-refractivity contribution in [1.82, 2.24) is 5.32 Å². The van der Waals surface area contributed by atoms with E-state index in [2.05, 4.69) is 5.32 Å². The van der Waals surface area contributed by atoms with Crippen molar-refractivity contribution < 1.29 is 22.0 Å². The molecular formula is C14H14FNO4S. The number of hydrogen-bond acceptors (Lipinski definition) is 4.